The molecule has 3 aromatic rings. The number of benzene rings is 2. The summed E-state index contributed by atoms with van der Waals surface area (Å²) in [5.41, 5.74) is 8.70. The predicted molar refractivity (Wildman–Crippen MR) is 149 cm³/mol. The number of methoxy groups -OCH3 is 1. The molecule has 0 spiro atoms. The Morgan fingerprint density at radius 1 is 1.00 bits per heavy atom. The van der Waals surface area contributed by atoms with Crippen LogP contribution in [0.2, 0.25) is 0 Å². The molecule has 0 atom stereocenters. The molecule has 10 nitrogen and oxygen atoms in total. The number of nitrogens with two attached hydrogens (primary N) is 1. The number of anilines is 2. The highest BCUT2D eigenvalue weighted by Gasteiger charge is 2.34. The minimum absolute atomic E-state index is 0.00352. The first kappa shape index (κ1) is 26.4. The second-order valence-electron chi connectivity index (χ2n) is 10.2. The van der Waals surface area contributed by atoms with Gasteiger partial charge in [0.2, 0.25) is 5.91 Å². The van der Waals surface area contributed by atoms with Gasteiger partial charge >= 0.3 is 0 Å². The lowest BCUT2D eigenvalue weighted by Crippen LogP contribution is -2.43. The number of hydrogen-bond acceptors (Lipinski definition) is 6. The third kappa shape index (κ3) is 5.12. The van der Waals surface area contributed by atoms with Gasteiger partial charge in [0.25, 0.3) is 11.8 Å². The second-order valence-corrected chi connectivity index (χ2v) is 10.2. The lowest BCUT2D eigenvalue weighted by Gasteiger charge is -2.30. The zero-order valence-electron chi connectivity index (χ0n) is 22.6. The van der Waals surface area contributed by atoms with E-state index in [-0.39, 0.29) is 23.6 Å². The molecule has 0 saturated carbocycles. The number of hydrogen-bond donors (Lipinski definition) is 1. The molecule has 0 radical (unpaired) electrons. The number of rotatable bonds is 8. The van der Waals surface area contributed by atoms with Gasteiger partial charge in [-0.05, 0) is 94.7 Å². The monoisotopic (exact) mass is 530 g/mol. The van der Waals surface area contributed by atoms with Gasteiger partial charge in [-0.2, -0.15) is 5.10 Å². The van der Waals surface area contributed by atoms with E-state index in [2.05, 4.69) is 10.00 Å². The molecule has 10 heteroatoms. The van der Waals surface area contributed by atoms with E-state index in [1.165, 1.54) is 4.68 Å². The summed E-state index contributed by atoms with van der Waals surface area (Å²) < 4.78 is 6.72. The molecule has 204 valence electrons. The molecule has 1 fully saturated rings. The smallest absolute Gasteiger partial charge is 0.277 e. The van der Waals surface area contributed by atoms with Crippen LogP contribution < -0.4 is 20.3 Å². The fraction of sp³-hybridized carbons (Fsp3) is 0.379. The van der Waals surface area contributed by atoms with Gasteiger partial charge in [0.15, 0.2) is 5.69 Å². The second kappa shape index (κ2) is 10.9. The standard InChI is InChI=1S/C29H34N6O4/c1-19(2)34(25(36)18-32-15-4-5-16-32)21-8-6-20(7-9-21)33-17-14-24-26(28(30)37)31-35(27(24)29(33)38)22-10-12-23(39-3)13-11-22/h6-13,19H,4-5,14-18H2,1-3H3,(H2,30,37). The normalized spacial score (nSPS) is 15.5. The van der Waals surface area contributed by atoms with Gasteiger partial charge in [-0.3, -0.25) is 19.3 Å². The number of nitrogens with zero attached hydrogens (tertiary/aromatic N) is 5. The molecule has 2 aliphatic heterocycles. The Balaban J connectivity index is 1.43. The van der Waals surface area contributed by atoms with Gasteiger partial charge in [0.1, 0.15) is 11.4 Å². The van der Waals surface area contributed by atoms with Crippen LogP contribution in [0, 0.1) is 0 Å². The Morgan fingerprint density at radius 3 is 2.23 bits per heavy atom. The third-order valence-electron chi connectivity index (χ3n) is 7.35. The van der Waals surface area contributed by atoms with Crippen molar-refractivity contribution < 1.29 is 19.1 Å². The molecule has 0 unspecified atom stereocenters. The molecule has 2 N–H and O–H groups in total. The number of carbonyl (C=O) groups is 3. The lowest BCUT2D eigenvalue weighted by molar-refractivity contribution is -0.119. The van der Waals surface area contributed by atoms with Crippen LogP contribution in [-0.4, -0.2) is 71.7 Å². The van der Waals surface area contributed by atoms with Crippen LogP contribution in [0.1, 0.15) is 53.2 Å². The molecular weight excluding hydrogens is 496 g/mol. The number of fused-ring (bicyclic) bond motifs is 1. The van der Waals surface area contributed by atoms with Crippen molar-refractivity contribution in [1.29, 1.82) is 0 Å². The van der Waals surface area contributed by atoms with Crippen molar-refractivity contribution in [2.75, 3.05) is 43.1 Å². The molecule has 0 bridgehead atoms. The van der Waals surface area contributed by atoms with Crippen LogP contribution in [0.3, 0.4) is 0 Å². The topological polar surface area (TPSA) is 114 Å². The van der Waals surface area contributed by atoms with Crippen molar-refractivity contribution in [2.45, 2.75) is 39.2 Å². The molecular formula is C29H34N6O4. The quantitative estimate of drug-likeness (QED) is 0.479. The Labute approximate surface area is 227 Å². The maximum absolute atomic E-state index is 13.8. The van der Waals surface area contributed by atoms with Crippen LogP contribution in [0.5, 0.6) is 5.75 Å². The van der Waals surface area contributed by atoms with Crippen LogP contribution in [0.15, 0.2) is 48.5 Å². The van der Waals surface area contributed by atoms with Crippen LogP contribution in [0.4, 0.5) is 11.4 Å². The van der Waals surface area contributed by atoms with Crippen LogP contribution >= 0.6 is 0 Å². The molecule has 1 aromatic heterocycles. The summed E-state index contributed by atoms with van der Waals surface area (Å²) in [4.78, 5) is 44.8. The van der Waals surface area contributed by atoms with Crippen molar-refractivity contribution in [2.24, 2.45) is 5.73 Å². The Kier molecular flexibility index (Phi) is 7.38. The van der Waals surface area contributed by atoms with E-state index in [0.717, 1.165) is 31.6 Å². The van der Waals surface area contributed by atoms with E-state index in [9.17, 15) is 14.4 Å². The fourth-order valence-corrected chi connectivity index (χ4v) is 5.45. The number of ether oxygens (including phenoxy) is 1. The Morgan fingerprint density at radius 2 is 1.64 bits per heavy atom. The SMILES string of the molecule is COc1ccc(-n2nc(C(N)=O)c3c2C(=O)N(c2ccc(N(C(=O)CN4CCCC4)C(C)C)cc2)CC3)cc1. The predicted octanol–water partition coefficient (Wildman–Crippen LogP) is 3.02. The minimum Gasteiger partial charge on any atom is -0.497 e. The zero-order chi connectivity index (χ0) is 27.7. The summed E-state index contributed by atoms with van der Waals surface area (Å²) >= 11 is 0. The summed E-state index contributed by atoms with van der Waals surface area (Å²) in [6, 6.07) is 14.6. The van der Waals surface area contributed by atoms with E-state index in [4.69, 9.17) is 10.5 Å². The van der Waals surface area contributed by atoms with Crippen molar-refractivity contribution in [3.63, 3.8) is 0 Å². The third-order valence-corrected chi connectivity index (χ3v) is 7.35. The summed E-state index contributed by atoms with van der Waals surface area (Å²) in [7, 11) is 1.58. The first-order valence-electron chi connectivity index (χ1n) is 13.3. The molecule has 1 saturated heterocycles. The number of primary amides is 1. The number of aromatic nitrogens is 2. The number of amides is 3. The minimum atomic E-state index is -0.670. The number of carbonyl (C=O) groups excluding carboxylic acids is 3. The summed E-state index contributed by atoms with van der Waals surface area (Å²) in [5.74, 6) is -0.208. The van der Waals surface area contributed by atoms with Crippen molar-refractivity contribution in [3.05, 3.63) is 65.5 Å². The first-order valence-corrected chi connectivity index (χ1v) is 13.3. The van der Waals surface area contributed by atoms with Gasteiger partial charge in [0.05, 0.1) is 19.3 Å². The van der Waals surface area contributed by atoms with Crippen molar-refractivity contribution in [3.8, 4) is 11.4 Å². The van der Waals surface area contributed by atoms with Crippen molar-refractivity contribution >= 4 is 29.1 Å². The fourth-order valence-electron chi connectivity index (χ4n) is 5.45. The molecule has 3 heterocycles. The van der Waals surface area contributed by atoms with E-state index in [1.807, 2.05) is 43.0 Å². The zero-order valence-corrected chi connectivity index (χ0v) is 22.6. The Hall–Kier alpha value is -4.18. The van der Waals surface area contributed by atoms with Gasteiger partial charge in [-0.15, -0.1) is 0 Å². The maximum Gasteiger partial charge on any atom is 0.277 e. The van der Waals surface area contributed by atoms with E-state index >= 15 is 0 Å². The maximum atomic E-state index is 13.8. The van der Waals surface area contributed by atoms with E-state index in [0.29, 0.717) is 47.9 Å². The highest BCUT2D eigenvalue weighted by Crippen LogP contribution is 2.31. The Bertz CT molecular complexity index is 1370. The first-order chi connectivity index (χ1) is 18.8. The average molecular weight is 531 g/mol. The van der Waals surface area contributed by atoms with Crippen LogP contribution in [-0.2, 0) is 11.2 Å². The van der Waals surface area contributed by atoms with E-state index in [1.54, 1.807) is 36.3 Å². The molecule has 39 heavy (non-hydrogen) atoms. The van der Waals surface area contributed by atoms with Gasteiger partial charge in [0, 0.05) is 29.5 Å². The van der Waals surface area contributed by atoms with Gasteiger partial charge in [-0.25, -0.2) is 4.68 Å². The van der Waals surface area contributed by atoms with Gasteiger partial charge in [-0.1, -0.05) is 0 Å². The summed E-state index contributed by atoms with van der Waals surface area (Å²) in [5, 5.41) is 4.42. The van der Waals surface area contributed by atoms with Crippen LogP contribution in [0.25, 0.3) is 5.69 Å². The molecule has 2 aromatic carbocycles. The summed E-state index contributed by atoms with van der Waals surface area (Å²) in [6.07, 6.45) is 2.70. The largest absolute Gasteiger partial charge is 0.497 e. The molecule has 5 rings (SSSR count). The highest BCUT2D eigenvalue weighted by molar-refractivity contribution is 6.09. The molecule has 0 aliphatic carbocycles. The van der Waals surface area contributed by atoms with E-state index < -0.39 is 5.91 Å². The highest BCUT2D eigenvalue weighted by atomic mass is 16.5. The van der Waals surface area contributed by atoms with Crippen molar-refractivity contribution in [1.82, 2.24) is 14.7 Å². The molecule has 3 amide bonds. The average Bonchev–Trinajstić information content (AvgIpc) is 3.58. The number of likely N-dealkylation sites (tertiary alicyclic amines) is 1. The lowest BCUT2D eigenvalue weighted by atomic mass is 10.0. The summed E-state index contributed by atoms with van der Waals surface area (Å²) in [6.45, 7) is 6.71. The molecule has 2 aliphatic rings. The van der Waals surface area contributed by atoms with Gasteiger partial charge < -0.3 is 20.3 Å².